The van der Waals surface area contributed by atoms with Gasteiger partial charge in [0.15, 0.2) is 0 Å². The molecular weight excluding hydrogens is 200 g/mol. The lowest BCUT2D eigenvalue weighted by atomic mass is 9.99. The third-order valence-electron chi connectivity index (χ3n) is 4.77. The third-order valence-corrected chi connectivity index (χ3v) is 4.77. The second-order valence-electron chi connectivity index (χ2n) is 5.92. The van der Waals surface area contributed by atoms with E-state index in [4.69, 9.17) is 10.5 Å². The van der Waals surface area contributed by atoms with Crippen LogP contribution in [0.15, 0.2) is 0 Å². The Bertz CT molecular complexity index is 252. The number of nitrogens with zero attached hydrogens (tertiary/aromatic N) is 1. The Hall–Kier alpha value is -0.120. The molecule has 16 heavy (non-hydrogen) atoms. The summed E-state index contributed by atoms with van der Waals surface area (Å²) in [6.45, 7) is 4.24. The fourth-order valence-corrected chi connectivity index (χ4v) is 3.60. The molecule has 0 amide bonds. The quantitative estimate of drug-likeness (QED) is 0.784. The minimum absolute atomic E-state index is 0.544. The zero-order valence-electron chi connectivity index (χ0n) is 10.2. The first kappa shape index (κ1) is 11.0. The highest BCUT2D eigenvalue weighted by molar-refractivity contribution is 4.99. The molecule has 3 nitrogen and oxygen atoms in total. The van der Waals surface area contributed by atoms with Gasteiger partial charge in [-0.1, -0.05) is 0 Å². The summed E-state index contributed by atoms with van der Waals surface area (Å²) < 4.78 is 5.86. The van der Waals surface area contributed by atoms with Crippen molar-refractivity contribution in [3.8, 4) is 0 Å². The van der Waals surface area contributed by atoms with Gasteiger partial charge in [0.1, 0.15) is 0 Å². The van der Waals surface area contributed by atoms with Crippen LogP contribution in [0.5, 0.6) is 0 Å². The third kappa shape index (κ3) is 2.01. The van der Waals surface area contributed by atoms with E-state index in [0.717, 1.165) is 25.7 Å². The number of ether oxygens (including phenoxy) is 1. The first-order valence-corrected chi connectivity index (χ1v) is 6.89. The summed E-state index contributed by atoms with van der Waals surface area (Å²) in [4.78, 5) is 2.71. The predicted molar refractivity (Wildman–Crippen MR) is 64.3 cm³/mol. The van der Waals surface area contributed by atoms with E-state index in [-0.39, 0.29) is 0 Å². The molecule has 92 valence electrons. The van der Waals surface area contributed by atoms with Gasteiger partial charge in [-0.15, -0.1) is 0 Å². The smallest absolute Gasteiger partial charge is 0.0730 e. The molecule has 3 heteroatoms. The Kier molecular flexibility index (Phi) is 2.94. The fraction of sp³-hybridized carbons (Fsp3) is 1.00. The number of fused-ring (bicyclic) bond motifs is 1. The lowest BCUT2D eigenvalue weighted by Gasteiger charge is -2.39. The summed E-state index contributed by atoms with van der Waals surface area (Å²) >= 11 is 0. The van der Waals surface area contributed by atoms with E-state index in [2.05, 4.69) is 4.90 Å². The molecule has 3 fully saturated rings. The molecule has 1 aliphatic heterocycles. The molecule has 1 saturated heterocycles. The molecule has 0 aromatic rings. The standard InChI is InChI=1S/C13H24N2O/c14-7-6-13(4-5-13)10-15-8-9-16-12-3-1-2-11(12)15/h11-12H,1-10,14H2. The molecular formula is C13H24N2O. The van der Waals surface area contributed by atoms with Gasteiger partial charge in [0, 0.05) is 19.1 Å². The minimum Gasteiger partial charge on any atom is -0.375 e. The van der Waals surface area contributed by atoms with Crippen LogP contribution >= 0.6 is 0 Å². The van der Waals surface area contributed by atoms with Crippen LogP contribution in [0.3, 0.4) is 0 Å². The average molecular weight is 224 g/mol. The van der Waals surface area contributed by atoms with Gasteiger partial charge < -0.3 is 10.5 Å². The Morgan fingerprint density at radius 1 is 1.31 bits per heavy atom. The first-order valence-electron chi connectivity index (χ1n) is 6.89. The van der Waals surface area contributed by atoms with E-state index in [0.29, 0.717) is 11.5 Å². The highest BCUT2D eigenvalue weighted by Gasteiger charge is 2.46. The summed E-state index contributed by atoms with van der Waals surface area (Å²) in [7, 11) is 0. The van der Waals surface area contributed by atoms with Crippen LogP contribution in [0.4, 0.5) is 0 Å². The van der Waals surface area contributed by atoms with Gasteiger partial charge in [0.05, 0.1) is 12.7 Å². The van der Waals surface area contributed by atoms with E-state index < -0.39 is 0 Å². The van der Waals surface area contributed by atoms with E-state index in [9.17, 15) is 0 Å². The number of hydrogen-bond acceptors (Lipinski definition) is 3. The summed E-state index contributed by atoms with van der Waals surface area (Å²) in [6.07, 6.45) is 8.56. The highest BCUT2D eigenvalue weighted by Crippen LogP contribution is 2.50. The molecule has 0 aromatic heterocycles. The molecule has 2 atom stereocenters. The second-order valence-corrected chi connectivity index (χ2v) is 5.92. The predicted octanol–water partition coefficient (Wildman–Crippen LogP) is 1.37. The number of nitrogens with two attached hydrogens (primary N) is 1. The average Bonchev–Trinajstić information content (AvgIpc) is 2.87. The highest BCUT2D eigenvalue weighted by atomic mass is 16.5. The Labute approximate surface area is 98.3 Å². The van der Waals surface area contributed by atoms with Crippen LogP contribution in [-0.2, 0) is 4.74 Å². The molecule has 0 aromatic carbocycles. The molecule has 0 spiro atoms. The molecule has 2 aliphatic carbocycles. The summed E-state index contributed by atoms with van der Waals surface area (Å²) in [5, 5.41) is 0. The van der Waals surface area contributed by atoms with Gasteiger partial charge in [-0.2, -0.15) is 0 Å². The van der Waals surface area contributed by atoms with Crippen LogP contribution in [0.2, 0.25) is 0 Å². The molecule has 2 saturated carbocycles. The Balaban J connectivity index is 1.61. The fourth-order valence-electron chi connectivity index (χ4n) is 3.60. The lowest BCUT2D eigenvalue weighted by Crippen LogP contribution is -2.50. The van der Waals surface area contributed by atoms with Crippen molar-refractivity contribution in [2.45, 2.75) is 50.7 Å². The van der Waals surface area contributed by atoms with Crippen molar-refractivity contribution in [2.24, 2.45) is 11.1 Å². The first-order chi connectivity index (χ1) is 7.83. The maximum Gasteiger partial charge on any atom is 0.0730 e. The number of rotatable bonds is 4. The van der Waals surface area contributed by atoms with E-state index in [1.54, 1.807) is 0 Å². The maximum absolute atomic E-state index is 5.86. The SMILES string of the molecule is NCCC1(CN2CCOC3CCCC32)CC1. The monoisotopic (exact) mass is 224 g/mol. The summed E-state index contributed by atoms with van der Waals surface area (Å²) in [5.41, 5.74) is 6.32. The van der Waals surface area contributed by atoms with E-state index >= 15 is 0 Å². The van der Waals surface area contributed by atoms with Gasteiger partial charge in [0.25, 0.3) is 0 Å². The molecule has 0 bridgehead atoms. The Morgan fingerprint density at radius 3 is 2.94 bits per heavy atom. The minimum atomic E-state index is 0.544. The number of morpholine rings is 1. The van der Waals surface area contributed by atoms with Crippen LogP contribution in [-0.4, -0.2) is 43.3 Å². The van der Waals surface area contributed by atoms with Crippen molar-refractivity contribution >= 4 is 0 Å². The van der Waals surface area contributed by atoms with Crippen molar-refractivity contribution in [1.29, 1.82) is 0 Å². The zero-order chi connectivity index (χ0) is 11.0. The normalized spacial score (nSPS) is 37.3. The van der Waals surface area contributed by atoms with Crippen molar-refractivity contribution in [2.75, 3.05) is 26.2 Å². The van der Waals surface area contributed by atoms with Crippen LogP contribution in [0.25, 0.3) is 0 Å². The summed E-state index contributed by atoms with van der Waals surface area (Å²) in [5.74, 6) is 0. The van der Waals surface area contributed by atoms with Crippen molar-refractivity contribution < 1.29 is 4.74 Å². The van der Waals surface area contributed by atoms with Crippen molar-refractivity contribution in [3.05, 3.63) is 0 Å². The second kappa shape index (κ2) is 4.28. The van der Waals surface area contributed by atoms with Crippen LogP contribution < -0.4 is 5.73 Å². The van der Waals surface area contributed by atoms with Crippen LogP contribution in [0.1, 0.15) is 38.5 Å². The van der Waals surface area contributed by atoms with Crippen molar-refractivity contribution in [3.63, 3.8) is 0 Å². The van der Waals surface area contributed by atoms with E-state index in [1.807, 2.05) is 0 Å². The van der Waals surface area contributed by atoms with Gasteiger partial charge >= 0.3 is 0 Å². The maximum atomic E-state index is 5.86. The zero-order valence-corrected chi connectivity index (χ0v) is 10.2. The molecule has 1 heterocycles. The topological polar surface area (TPSA) is 38.5 Å². The molecule has 0 radical (unpaired) electrons. The van der Waals surface area contributed by atoms with Crippen LogP contribution in [0, 0.1) is 5.41 Å². The number of hydrogen-bond donors (Lipinski definition) is 1. The molecule has 2 N–H and O–H groups in total. The van der Waals surface area contributed by atoms with Gasteiger partial charge in [-0.3, -0.25) is 4.90 Å². The molecule has 3 aliphatic rings. The van der Waals surface area contributed by atoms with Gasteiger partial charge in [-0.25, -0.2) is 0 Å². The van der Waals surface area contributed by atoms with Gasteiger partial charge in [0.2, 0.25) is 0 Å². The molecule has 3 rings (SSSR count). The molecule has 2 unspecified atom stereocenters. The van der Waals surface area contributed by atoms with E-state index in [1.165, 1.54) is 45.1 Å². The lowest BCUT2D eigenvalue weighted by molar-refractivity contribution is -0.0620. The largest absolute Gasteiger partial charge is 0.375 e. The summed E-state index contributed by atoms with van der Waals surface area (Å²) in [6, 6.07) is 0.726. The van der Waals surface area contributed by atoms with Crippen molar-refractivity contribution in [1.82, 2.24) is 4.90 Å². The van der Waals surface area contributed by atoms with Gasteiger partial charge in [-0.05, 0) is 50.5 Å². The Morgan fingerprint density at radius 2 is 2.19 bits per heavy atom.